The zero-order valence-corrected chi connectivity index (χ0v) is 37.9. The van der Waals surface area contributed by atoms with E-state index in [2.05, 4.69) is 48.9 Å². The van der Waals surface area contributed by atoms with Gasteiger partial charge in [0.25, 0.3) is 5.91 Å². The number of nitrogens with two attached hydrogens (primary N) is 1. The first-order valence-corrected chi connectivity index (χ1v) is 23.4. The van der Waals surface area contributed by atoms with Gasteiger partial charge in [-0.15, -0.1) is 11.3 Å². The number of aromatic nitrogens is 4. The minimum absolute atomic E-state index is 0.00432. The van der Waals surface area contributed by atoms with Crippen LogP contribution < -0.4 is 10.6 Å². The summed E-state index contributed by atoms with van der Waals surface area (Å²) in [4.78, 5) is 71.8. The van der Waals surface area contributed by atoms with Crippen molar-refractivity contribution < 1.29 is 29.3 Å². The molecule has 5 aromatic rings. The molecule has 9 rings (SSSR count). The number of carbonyl (C=O) groups is 3. The third kappa shape index (κ3) is 10.00. The highest BCUT2D eigenvalue weighted by Gasteiger charge is 2.29. The fourth-order valence-corrected chi connectivity index (χ4v) is 10.4. The number of hydrogen-bond donors (Lipinski definition) is 3. The molecule has 65 heavy (non-hydrogen) atoms. The van der Waals surface area contributed by atoms with Gasteiger partial charge in [-0.3, -0.25) is 24.2 Å². The Morgan fingerprint density at radius 2 is 1.40 bits per heavy atom. The van der Waals surface area contributed by atoms with E-state index in [1.807, 2.05) is 23.6 Å². The molecule has 0 radical (unpaired) electrons. The largest absolute Gasteiger partial charge is 0.508 e. The predicted octanol–water partition coefficient (Wildman–Crippen LogP) is 4.42. The fourth-order valence-electron chi connectivity index (χ4n) is 9.20. The van der Waals surface area contributed by atoms with E-state index in [-0.39, 0.29) is 46.7 Å². The number of fused-ring (bicyclic) bond motifs is 2. The van der Waals surface area contributed by atoms with Crippen molar-refractivity contribution in [3.8, 4) is 22.9 Å². The van der Waals surface area contributed by atoms with Gasteiger partial charge >= 0.3 is 0 Å². The molecule has 0 unspecified atom stereocenters. The molecule has 0 atom stereocenters. The van der Waals surface area contributed by atoms with Crippen LogP contribution in [0, 0.1) is 0 Å². The minimum Gasteiger partial charge on any atom is -0.508 e. The van der Waals surface area contributed by atoms with Gasteiger partial charge in [-0.1, -0.05) is 32.0 Å². The molecular formula is C47H57N11O6S. The third-order valence-corrected chi connectivity index (χ3v) is 14.0. The van der Waals surface area contributed by atoms with Gasteiger partial charge in [0.15, 0.2) is 11.6 Å². The molecule has 17 nitrogen and oxygen atoms in total. The summed E-state index contributed by atoms with van der Waals surface area (Å²) in [6.45, 7) is 14.8. The maximum Gasteiger partial charge on any atom is 0.258 e. The Kier molecular flexibility index (Phi) is 13.1. The second kappa shape index (κ2) is 19.3. The van der Waals surface area contributed by atoms with E-state index in [0.717, 1.165) is 85.1 Å². The molecule has 0 bridgehead atoms. The molecule has 18 heteroatoms. The first-order valence-electron chi connectivity index (χ1n) is 22.6. The van der Waals surface area contributed by atoms with Gasteiger partial charge in [0.05, 0.1) is 34.6 Å². The Labute approximate surface area is 382 Å². The molecule has 3 amide bonds. The average Bonchev–Trinajstić information content (AvgIpc) is 3.93. The van der Waals surface area contributed by atoms with Crippen molar-refractivity contribution in [1.82, 2.24) is 44.4 Å². The number of aromatic hydroxyl groups is 2. The molecule has 3 aromatic heterocycles. The number of anilines is 2. The van der Waals surface area contributed by atoms with Crippen LogP contribution in [0.1, 0.15) is 76.5 Å². The fraction of sp³-hybridized carbons (Fsp3) is 0.468. The minimum atomic E-state index is -0.261. The first kappa shape index (κ1) is 44.3. The molecule has 3 fully saturated rings. The van der Waals surface area contributed by atoms with E-state index in [1.165, 1.54) is 10.9 Å². The summed E-state index contributed by atoms with van der Waals surface area (Å²) in [6, 6.07) is 11.3. The summed E-state index contributed by atoms with van der Waals surface area (Å²) in [6.07, 6.45) is 4.57. The summed E-state index contributed by atoms with van der Waals surface area (Å²) < 4.78 is 6.66. The van der Waals surface area contributed by atoms with Crippen LogP contribution in [-0.4, -0.2) is 151 Å². The van der Waals surface area contributed by atoms with Crippen LogP contribution in [0.3, 0.4) is 0 Å². The van der Waals surface area contributed by atoms with Crippen LogP contribution in [0.25, 0.3) is 21.6 Å². The summed E-state index contributed by atoms with van der Waals surface area (Å²) in [5.74, 6) is 1.38. The number of amides is 3. The number of phenols is 2. The highest BCUT2D eigenvalue weighted by atomic mass is 32.1. The number of hydrogen-bond acceptors (Lipinski definition) is 15. The number of phenolic OH excluding ortho intramolecular Hbond substituents is 2. The van der Waals surface area contributed by atoms with Gasteiger partial charge in [-0.25, -0.2) is 19.9 Å². The molecule has 3 saturated heterocycles. The Balaban J connectivity index is 0.703. The maximum atomic E-state index is 13.5. The molecular weight excluding hydrogens is 847 g/mol. The standard InChI is InChI=1S/C47H57N11O6S/c1-30(2)36-22-37(40(60)23-39(36)59)46(63)58-27-32-7-6-31(20-33(32)28-58)26-53-8-12-55(13-9-53)41(61)4-3-5-42(62)56-14-10-54(11-15-56)29-35-21-38-43(65-35)45(57-16-18-64-19-17-57)52-44(51-38)34-24-49-47(48)50-25-34/h6-7,20-25,30,59-60H,3-5,8-19,26-29H2,1-2H3,(H2,48,49,50). The lowest BCUT2D eigenvalue weighted by Crippen LogP contribution is -2.48. The van der Waals surface area contributed by atoms with E-state index in [1.54, 1.807) is 34.7 Å². The van der Waals surface area contributed by atoms with Crippen molar-refractivity contribution in [2.45, 2.75) is 65.2 Å². The lowest BCUT2D eigenvalue weighted by molar-refractivity contribution is -0.134. The molecule has 0 saturated carbocycles. The first-order chi connectivity index (χ1) is 31.4. The van der Waals surface area contributed by atoms with Crippen LogP contribution >= 0.6 is 11.3 Å². The van der Waals surface area contributed by atoms with E-state index in [0.29, 0.717) is 88.7 Å². The van der Waals surface area contributed by atoms with E-state index in [4.69, 9.17) is 20.4 Å². The van der Waals surface area contributed by atoms with Crippen molar-refractivity contribution in [1.29, 1.82) is 0 Å². The van der Waals surface area contributed by atoms with Crippen molar-refractivity contribution in [2.24, 2.45) is 0 Å². The Bertz CT molecular complexity index is 2550. The monoisotopic (exact) mass is 903 g/mol. The maximum absolute atomic E-state index is 13.5. The van der Waals surface area contributed by atoms with Gasteiger partial charge in [-0.05, 0) is 46.7 Å². The van der Waals surface area contributed by atoms with Gasteiger partial charge < -0.3 is 40.3 Å². The average molecular weight is 904 g/mol. The number of morpholine rings is 1. The molecule has 342 valence electrons. The number of carbonyl (C=O) groups excluding carboxylic acids is 3. The van der Waals surface area contributed by atoms with Crippen molar-refractivity contribution in [3.63, 3.8) is 0 Å². The second-order valence-corrected chi connectivity index (χ2v) is 18.9. The highest BCUT2D eigenvalue weighted by molar-refractivity contribution is 7.19. The number of benzene rings is 2. The van der Waals surface area contributed by atoms with Crippen LogP contribution in [0.4, 0.5) is 11.8 Å². The van der Waals surface area contributed by atoms with Crippen LogP contribution in [0.15, 0.2) is 48.8 Å². The molecule has 4 aliphatic rings. The van der Waals surface area contributed by atoms with E-state index in [9.17, 15) is 24.6 Å². The Hall–Kier alpha value is -5.95. The summed E-state index contributed by atoms with van der Waals surface area (Å²) in [5.41, 5.74) is 11.5. The highest BCUT2D eigenvalue weighted by Crippen LogP contribution is 2.37. The Morgan fingerprint density at radius 1 is 0.754 bits per heavy atom. The summed E-state index contributed by atoms with van der Waals surface area (Å²) in [7, 11) is 0. The van der Waals surface area contributed by atoms with Gasteiger partial charge in [0, 0.05) is 128 Å². The van der Waals surface area contributed by atoms with Crippen molar-refractivity contribution in [3.05, 3.63) is 81.5 Å². The number of thiophene rings is 1. The summed E-state index contributed by atoms with van der Waals surface area (Å²) in [5, 5.41) is 20.7. The molecule has 2 aromatic carbocycles. The lowest BCUT2D eigenvalue weighted by Gasteiger charge is -2.35. The number of nitrogens with zero attached hydrogens (tertiary/aromatic N) is 10. The molecule has 7 heterocycles. The normalized spacial score (nSPS) is 17.3. The summed E-state index contributed by atoms with van der Waals surface area (Å²) >= 11 is 1.71. The van der Waals surface area contributed by atoms with Gasteiger partial charge in [0.1, 0.15) is 11.5 Å². The van der Waals surface area contributed by atoms with E-state index >= 15 is 0 Å². The van der Waals surface area contributed by atoms with Gasteiger partial charge in [-0.2, -0.15) is 0 Å². The number of piperazine rings is 2. The zero-order valence-electron chi connectivity index (χ0n) is 37.1. The van der Waals surface area contributed by atoms with Crippen LogP contribution in [0.2, 0.25) is 0 Å². The van der Waals surface area contributed by atoms with Crippen molar-refractivity contribution in [2.75, 3.05) is 89.3 Å². The van der Waals surface area contributed by atoms with Crippen LogP contribution in [0.5, 0.6) is 11.5 Å². The number of rotatable bonds is 12. The predicted molar refractivity (Wildman–Crippen MR) is 247 cm³/mol. The number of ether oxygens (including phenoxy) is 1. The molecule has 0 spiro atoms. The Morgan fingerprint density at radius 3 is 2.06 bits per heavy atom. The zero-order chi connectivity index (χ0) is 45.2. The molecule has 0 aliphatic carbocycles. The van der Waals surface area contributed by atoms with Crippen molar-refractivity contribution >= 4 is 51.0 Å². The van der Waals surface area contributed by atoms with Gasteiger partial charge in [0.2, 0.25) is 17.8 Å². The van der Waals surface area contributed by atoms with E-state index < -0.39 is 0 Å². The number of nitrogen functional groups attached to an aromatic ring is 1. The lowest BCUT2D eigenvalue weighted by atomic mass is 9.98. The SMILES string of the molecule is CC(C)c1cc(C(=O)N2Cc3ccc(CN4CCN(C(=O)CCCC(=O)N5CCN(Cc6cc7nc(-c8cnc(N)nc8)nc(N8CCOCC8)c7s6)CC5)CC4)cc3C2)c(O)cc1O. The molecule has 4 aliphatic heterocycles. The second-order valence-electron chi connectivity index (χ2n) is 17.7. The quantitative estimate of drug-likeness (QED) is 0.159. The van der Waals surface area contributed by atoms with Crippen LogP contribution in [-0.2, 0) is 40.5 Å². The smallest absolute Gasteiger partial charge is 0.258 e. The molecule has 4 N–H and O–H groups in total. The topological polar surface area (TPSA) is 198 Å². The third-order valence-electron chi connectivity index (χ3n) is 12.9.